The van der Waals surface area contributed by atoms with Gasteiger partial charge in [-0.05, 0) is 47.9 Å². The summed E-state index contributed by atoms with van der Waals surface area (Å²) in [4.78, 5) is 13.4. The van der Waals surface area contributed by atoms with E-state index in [1.165, 1.54) is 16.9 Å². The maximum Gasteiger partial charge on any atom is 0.325 e. The second-order valence-corrected chi connectivity index (χ2v) is 8.97. The largest absolute Gasteiger partial charge is 0.480 e. The smallest absolute Gasteiger partial charge is 0.325 e. The summed E-state index contributed by atoms with van der Waals surface area (Å²) in [5.74, 6) is -1.20. The number of carbonyl (C=O) groups is 1. The molecule has 1 aliphatic carbocycles. The minimum absolute atomic E-state index is 0.0217. The van der Waals surface area contributed by atoms with Crippen LogP contribution in [0.25, 0.3) is 11.4 Å². The number of sulfonamides is 1. The highest BCUT2D eigenvalue weighted by Crippen LogP contribution is 2.52. The molecule has 2 atom stereocenters. The number of aliphatic carboxylic acids is 1. The number of hydrogen-bond acceptors (Lipinski definition) is 6. The molecule has 1 saturated carbocycles. The van der Waals surface area contributed by atoms with Gasteiger partial charge in [0.05, 0.1) is 11.4 Å². The molecule has 3 aromatic rings. The second kappa shape index (κ2) is 7.62. The van der Waals surface area contributed by atoms with Gasteiger partial charge in [-0.25, -0.2) is 8.42 Å². The first-order valence-electron chi connectivity index (χ1n) is 9.56. The van der Waals surface area contributed by atoms with Gasteiger partial charge in [0, 0.05) is 11.5 Å². The van der Waals surface area contributed by atoms with Gasteiger partial charge >= 0.3 is 5.97 Å². The fraction of sp³-hybridized carbons (Fsp3) is 0.300. The van der Waals surface area contributed by atoms with E-state index in [1.807, 2.05) is 13.0 Å². The van der Waals surface area contributed by atoms with E-state index in [2.05, 4.69) is 20.1 Å². The number of carboxylic acids is 1. The molecule has 1 heterocycles. The van der Waals surface area contributed by atoms with Crippen molar-refractivity contribution >= 4 is 16.0 Å². The van der Waals surface area contributed by atoms with Gasteiger partial charge in [0.25, 0.3) is 0 Å². The third-order valence-electron chi connectivity index (χ3n) is 5.16. The zero-order valence-corrected chi connectivity index (χ0v) is 17.1. The number of carboxylic acid groups (broad SMARTS) is 1. The lowest BCUT2D eigenvalue weighted by molar-refractivity contribution is -0.140. The summed E-state index contributed by atoms with van der Waals surface area (Å²) in [5.41, 5.74) is -0.125. The van der Waals surface area contributed by atoms with Crippen LogP contribution in [0.1, 0.15) is 31.2 Å². The molecule has 1 aromatic heterocycles. The quantitative estimate of drug-likeness (QED) is 0.563. The Labute approximate surface area is 173 Å². The van der Waals surface area contributed by atoms with Gasteiger partial charge in [-0.1, -0.05) is 37.3 Å². The summed E-state index contributed by atoms with van der Waals surface area (Å²) in [6.07, 6.45) is 1.07. The first-order chi connectivity index (χ1) is 14.4. The average Bonchev–Trinajstić information content (AvgIpc) is 3.27. The topological polar surface area (TPSA) is 127 Å². The van der Waals surface area contributed by atoms with Crippen LogP contribution in [0.15, 0.2) is 59.5 Å². The van der Waals surface area contributed by atoms with Crippen LogP contribution < -0.4 is 4.72 Å². The molecule has 30 heavy (non-hydrogen) atoms. The lowest BCUT2D eigenvalue weighted by Crippen LogP contribution is -2.44. The van der Waals surface area contributed by atoms with Crippen molar-refractivity contribution in [1.29, 1.82) is 0 Å². The van der Waals surface area contributed by atoms with E-state index in [1.54, 1.807) is 36.4 Å². The number of tetrazole rings is 1. The lowest BCUT2D eigenvalue weighted by Gasteiger charge is -2.15. The molecule has 2 unspecified atom stereocenters. The van der Waals surface area contributed by atoms with E-state index < -0.39 is 27.4 Å². The fourth-order valence-corrected chi connectivity index (χ4v) is 4.88. The van der Waals surface area contributed by atoms with Crippen molar-refractivity contribution in [2.24, 2.45) is 0 Å². The minimum atomic E-state index is -4.04. The highest BCUT2D eigenvalue weighted by atomic mass is 32.2. The van der Waals surface area contributed by atoms with Crippen molar-refractivity contribution in [3.05, 3.63) is 60.2 Å². The van der Waals surface area contributed by atoms with Crippen molar-refractivity contribution in [3.63, 3.8) is 0 Å². The Balaban J connectivity index is 1.55. The minimum Gasteiger partial charge on any atom is -0.480 e. The van der Waals surface area contributed by atoms with Gasteiger partial charge < -0.3 is 5.11 Å². The number of aryl methyl sites for hydroxylation is 1. The molecule has 0 aliphatic heterocycles. The fourth-order valence-electron chi connectivity index (χ4n) is 3.48. The maximum absolute atomic E-state index is 12.9. The van der Waals surface area contributed by atoms with Gasteiger partial charge in [0.15, 0.2) is 0 Å². The van der Waals surface area contributed by atoms with Gasteiger partial charge in [-0.15, -0.1) is 10.2 Å². The number of nitrogens with zero attached hydrogens (tertiary/aromatic N) is 4. The van der Waals surface area contributed by atoms with Crippen molar-refractivity contribution in [2.45, 2.75) is 42.7 Å². The van der Waals surface area contributed by atoms with E-state index in [0.29, 0.717) is 17.9 Å². The van der Waals surface area contributed by atoms with Crippen molar-refractivity contribution in [3.8, 4) is 11.4 Å². The lowest BCUT2D eigenvalue weighted by atomic mass is 10.1. The SMILES string of the molecule is CCCn1nnc(-c2ccc(S(=O)(=O)NC3(C(=O)O)CC3c3ccccc3)cc2)n1. The van der Waals surface area contributed by atoms with E-state index in [9.17, 15) is 18.3 Å². The van der Waals surface area contributed by atoms with Gasteiger partial charge in [0.2, 0.25) is 15.8 Å². The predicted octanol–water partition coefficient (Wildman–Crippen LogP) is 2.04. The van der Waals surface area contributed by atoms with Crippen LogP contribution in [0.2, 0.25) is 0 Å². The molecule has 0 spiro atoms. The summed E-state index contributed by atoms with van der Waals surface area (Å²) in [5, 5.41) is 21.9. The third kappa shape index (κ3) is 3.71. The summed E-state index contributed by atoms with van der Waals surface area (Å²) in [6, 6.07) is 15.0. The molecule has 0 bridgehead atoms. The normalized spacial score (nSPS) is 20.8. The number of benzene rings is 2. The molecule has 0 amide bonds. The van der Waals surface area contributed by atoms with Crippen LogP contribution in [0.3, 0.4) is 0 Å². The number of aromatic nitrogens is 4. The molecule has 10 heteroatoms. The molecular formula is C20H21N5O4S. The van der Waals surface area contributed by atoms with Gasteiger partial charge in [-0.2, -0.15) is 9.52 Å². The van der Waals surface area contributed by atoms with Crippen LogP contribution in [-0.4, -0.2) is 45.2 Å². The molecule has 156 valence electrons. The molecule has 2 N–H and O–H groups in total. The van der Waals surface area contributed by atoms with E-state index in [4.69, 9.17) is 0 Å². The van der Waals surface area contributed by atoms with Crippen molar-refractivity contribution < 1.29 is 18.3 Å². The predicted molar refractivity (Wildman–Crippen MR) is 108 cm³/mol. The van der Waals surface area contributed by atoms with Crippen LogP contribution in [-0.2, 0) is 21.4 Å². The van der Waals surface area contributed by atoms with Gasteiger partial charge in [-0.3, -0.25) is 4.79 Å². The molecule has 1 aliphatic rings. The first-order valence-corrected chi connectivity index (χ1v) is 11.0. The Hall–Kier alpha value is -3.11. The highest BCUT2D eigenvalue weighted by molar-refractivity contribution is 7.89. The first kappa shape index (κ1) is 20.2. The molecule has 1 fully saturated rings. The third-order valence-corrected chi connectivity index (χ3v) is 6.69. The zero-order valence-electron chi connectivity index (χ0n) is 16.3. The Bertz CT molecular complexity index is 1160. The van der Waals surface area contributed by atoms with Crippen molar-refractivity contribution in [2.75, 3.05) is 0 Å². The molecule has 4 rings (SSSR count). The zero-order chi connectivity index (χ0) is 21.4. The van der Waals surface area contributed by atoms with Crippen molar-refractivity contribution in [1.82, 2.24) is 24.9 Å². The van der Waals surface area contributed by atoms with Crippen LogP contribution in [0, 0.1) is 0 Å². The molecule has 0 saturated heterocycles. The molecular weight excluding hydrogens is 406 g/mol. The molecule has 9 nitrogen and oxygen atoms in total. The Kier molecular flexibility index (Phi) is 5.12. The Morgan fingerprint density at radius 2 is 1.90 bits per heavy atom. The van der Waals surface area contributed by atoms with Crippen LogP contribution in [0.5, 0.6) is 0 Å². The molecule has 2 aromatic carbocycles. The van der Waals surface area contributed by atoms with E-state index >= 15 is 0 Å². The Morgan fingerprint density at radius 1 is 1.20 bits per heavy atom. The molecule has 0 radical (unpaired) electrons. The monoisotopic (exact) mass is 427 g/mol. The summed E-state index contributed by atoms with van der Waals surface area (Å²) >= 11 is 0. The number of nitrogens with one attached hydrogen (secondary N) is 1. The maximum atomic E-state index is 12.9. The number of hydrogen-bond donors (Lipinski definition) is 2. The van der Waals surface area contributed by atoms with Crippen LogP contribution >= 0.6 is 0 Å². The van der Waals surface area contributed by atoms with Crippen LogP contribution in [0.4, 0.5) is 0 Å². The standard InChI is InChI=1S/C20H21N5O4S/c1-2-12-25-22-18(21-24-25)15-8-10-16(11-9-15)30(28,29)23-20(19(26)27)13-17(20)14-6-4-3-5-7-14/h3-11,17,23H,2,12-13H2,1H3,(H,26,27). The summed E-state index contributed by atoms with van der Waals surface area (Å²) < 4.78 is 28.2. The summed E-state index contributed by atoms with van der Waals surface area (Å²) in [7, 11) is -4.04. The van der Waals surface area contributed by atoms with Gasteiger partial charge in [0.1, 0.15) is 5.54 Å². The summed E-state index contributed by atoms with van der Waals surface area (Å²) in [6.45, 7) is 2.64. The highest BCUT2D eigenvalue weighted by Gasteiger charge is 2.63. The number of rotatable bonds is 8. The second-order valence-electron chi connectivity index (χ2n) is 7.28. The average molecular weight is 427 g/mol. The Morgan fingerprint density at radius 3 is 2.53 bits per heavy atom. The van der Waals surface area contributed by atoms with E-state index in [-0.39, 0.29) is 11.3 Å². The van der Waals surface area contributed by atoms with E-state index in [0.717, 1.165) is 12.0 Å².